The number of aromatic nitrogens is 1. The van der Waals surface area contributed by atoms with E-state index < -0.39 is 11.6 Å². The van der Waals surface area contributed by atoms with Crippen LogP contribution in [0.1, 0.15) is 56.8 Å². The molecule has 0 spiro atoms. The molecule has 5 nitrogen and oxygen atoms in total. The van der Waals surface area contributed by atoms with Crippen molar-refractivity contribution in [2.24, 2.45) is 5.92 Å². The van der Waals surface area contributed by atoms with Crippen molar-refractivity contribution in [2.75, 3.05) is 25.0 Å². The third-order valence-corrected chi connectivity index (χ3v) is 7.49. The van der Waals surface area contributed by atoms with E-state index in [9.17, 15) is 14.3 Å². The van der Waals surface area contributed by atoms with Crippen molar-refractivity contribution in [3.05, 3.63) is 52.9 Å². The van der Waals surface area contributed by atoms with Crippen LogP contribution in [-0.2, 0) is 0 Å². The van der Waals surface area contributed by atoms with E-state index in [2.05, 4.69) is 29.0 Å². The van der Waals surface area contributed by atoms with Crippen molar-refractivity contribution in [1.82, 2.24) is 9.88 Å². The van der Waals surface area contributed by atoms with Crippen LogP contribution in [0.15, 0.2) is 36.5 Å². The zero-order valence-electron chi connectivity index (χ0n) is 21.4. The summed E-state index contributed by atoms with van der Waals surface area (Å²) in [5.74, 6) is -0.685. The molecule has 2 aromatic carbocycles. The molecule has 4 rings (SSSR count). The van der Waals surface area contributed by atoms with Crippen LogP contribution >= 0.6 is 36.4 Å². The lowest BCUT2D eigenvalue weighted by Gasteiger charge is -2.33. The van der Waals surface area contributed by atoms with Gasteiger partial charge in [0.05, 0.1) is 21.8 Å². The van der Waals surface area contributed by atoms with E-state index in [1.165, 1.54) is 12.1 Å². The number of carbonyl (C=O) groups is 1. The van der Waals surface area contributed by atoms with Gasteiger partial charge in [0.1, 0.15) is 0 Å². The number of halogens is 4. The average Bonchev–Trinajstić information content (AvgIpc) is 2.86. The fraction of sp³-hybridized carbons (Fsp3) is 0.429. The van der Waals surface area contributed by atoms with E-state index in [-0.39, 0.29) is 41.7 Å². The van der Waals surface area contributed by atoms with E-state index >= 15 is 0 Å². The maximum atomic E-state index is 14.1. The summed E-state index contributed by atoms with van der Waals surface area (Å²) in [6, 6.07) is 8.68. The van der Waals surface area contributed by atoms with Crippen LogP contribution in [0.4, 0.5) is 10.1 Å². The van der Waals surface area contributed by atoms with Gasteiger partial charge in [-0.15, -0.1) is 24.8 Å². The number of ketones is 1. The summed E-state index contributed by atoms with van der Waals surface area (Å²) in [6.07, 6.45) is 6.04. The second-order valence-electron chi connectivity index (χ2n) is 9.47. The number of Topliss-reactive ketones (excluding diaryl/α,β-unsaturated/α-hetero) is 1. The van der Waals surface area contributed by atoms with Crippen LogP contribution in [0.3, 0.4) is 0 Å². The predicted molar refractivity (Wildman–Crippen MR) is 155 cm³/mol. The highest BCUT2D eigenvalue weighted by Gasteiger charge is 2.24. The minimum Gasteiger partial charge on any atom is -0.504 e. The third-order valence-electron chi connectivity index (χ3n) is 7.20. The van der Waals surface area contributed by atoms with Gasteiger partial charge in [-0.3, -0.25) is 9.78 Å². The van der Waals surface area contributed by atoms with Crippen LogP contribution in [0.2, 0.25) is 5.02 Å². The Kier molecular flexibility index (Phi) is 11.4. The van der Waals surface area contributed by atoms with E-state index in [1.807, 2.05) is 18.2 Å². The first-order valence-corrected chi connectivity index (χ1v) is 12.8. The lowest BCUT2D eigenvalue weighted by Crippen LogP contribution is -2.34. The predicted octanol–water partition coefficient (Wildman–Crippen LogP) is 7.76. The Morgan fingerprint density at radius 3 is 2.38 bits per heavy atom. The first kappa shape index (κ1) is 31.1. The van der Waals surface area contributed by atoms with E-state index in [0.717, 1.165) is 67.5 Å². The number of nitrogens with one attached hydrogen (secondary N) is 1. The number of hydrogen-bond donors (Lipinski definition) is 2. The summed E-state index contributed by atoms with van der Waals surface area (Å²) in [6.45, 7) is 9.28. The molecule has 1 aliphatic rings. The van der Waals surface area contributed by atoms with Crippen LogP contribution in [-0.4, -0.2) is 46.4 Å². The molecule has 1 saturated carbocycles. The van der Waals surface area contributed by atoms with Gasteiger partial charge in [-0.05, 0) is 87.0 Å². The fourth-order valence-corrected chi connectivity index (χ4v) is 5.28. The molecule has 0 saturated heterocycles. The number of benzene rings is 2. The molecular weight excluding hydrogens is 536 g/mol. The molecule has 2 N–H and O–H groups in total. The lowest BCUT2D eigenvalue weighted by atomic mass is 9.85. The topological polar surface area (TPSA) is 65.5 Å². The second kappa shape index (κ2) is 13.6. The zero-order valence-corrected chi connectivity index (χ0v) is 23.8. The highest BCUT2D eigenvalue weighted by atomic mass is 35.5. The number of carbonyl (C=O) groups excluding carboxylic acids is 1. The first-order chi connectivity index (χ1) is 16.8. The Bertz CT molecular complexity index is 1210. The van der Waals surface area contributed by atoms with Gasteiger partial charge in [-0.25, -0.2) is 4.39 Å². The summed E-state index contributed by atoms with van der Waals surface area (Å²) < 4.78 is 14.1. The molecule has 1 fully saturated rings. The molecule has 0 aliphatic heterocycles. The number of hydrogen-bond acceptors (Lipinski definition) is 5. The minimum absolute atomic E-state index is 0. The lowest BCUT2D eigenvalue weighted by molar-refractivity contribution is 0.101. The maximum absolute atomic E-state index is 14.1. The average molecular weight is 571 g/mol. The zero-order chi connectivity index (χ0) is 25.1. The van der Waals surface area contributed by atoms with Gasteiger partial charge in [0, 0.05) is 24.2 Å². The van der Waals surface area contributed by atoms with Crippen molar-refractivity contribution < 1.29 is 14.3 Å². The molecule has 0 bridgehead atoms. The Hall–Kier alpha value is -2.12. The molecule has 9 heteroatoms. The molecule has 1 aromatic heterocycles. The number of fused-ring (bicyclic) bond motifs is 1. The molecule has 0 radical (unpaired) electrons. The molecule has 3 aromatic rings. The van der Waals surface area contributed by atoms with Crippen LogP contribution in [0, 0.1) is 11.7 Å². The summed E-state index contributed by atoms with van der Waals surface area (Å²) >= 11 is 6.01. The summed E-state index contributed by atoms with van der Waals surface area (Å²) in [4.78, 5) is 19.5. The van der Waals surface area contributed by atoms with Gasteiger partial charge < -0.3 is 15.3 Å². The molecule has 0 amide bonds. The van der Waals surface area contributed by atoms with Gasteiger partial charge >= 0.3 is 0 Å². The smallest absolute Gasteiger partial charge is 0.170 e. The Balaban J connectivity index is 0.00000241. The fourth-order valence-electron chi connectivity index (χ4n) is 5.07. The summed E-state index contributed by atoms with van der Waals surface area (Å²) in [5.41, 5.74) is 3.36. The first-order valence-electron chi connectivity index (χ1n) is 12.4. The minimum atomic E-state index is -0.775. The molecule has 202 valence electrons. The SMILES string of the molecule is CCN(CC)C[C@H]1CC[C@H](Nc2c(C(C)=O)cnc3ccc(-c4cc(F)c(O)c(Cl)c4)cc23)CC1.Cl.Cl. The van der Waals surface area contributed by atoms with Crippen LogP contribution < -0.4 is 5.32 Å². The van der Waals surface area contributed by atoms with Gasteiger partial charge in [0.25, 0.3) is 0 Å². The third kappa shape index (κ3) is 7.05. The number of phenolic OH excluding ortho intramolecular Hbond substituents is 1. The molecule has 0 unspecified atom stereocenters. The second-order valence-corrected chi connectivity index (χ2v) is 9.88. The summed E-state index contributed by atoms with van der Waals surface area (Å²) in [5, 5.41) is 14.1. The van der Waals surface area contributed by atoms with E-state index in [4.69, 9.17) is 11.6 Å². The molecule has 0 atom stereocenters. The number of anilines is 1. The van der Waals surface area contributed by atoms with Crippen LogP contribution in [0.5, 0.6) is 5.75 Å². The van der Waals surface area contributed by atoms with Gasteiger partial charge in [-0.2, -0.15) is 0 Å². The Morgan fingerprint density at radius 2 is 1.78 bits per heavy atom. The molecule has 1 aliphatic carbocycles. The van der Waals surface area contributed by atoms with Crippen molar-refractivity contribution in [2.45, 2.75) is 52.5 Å². The number of rotatable bonds is 8. The largest absolute Gasteiger partial charge is 0.504 e. The quantitative estimate of drug-likeness (QED) is 0.271. The van der Waals surface area contributed by atoms with Gasteiger partial charge in [0.15, 0.2) is 17.3 Å². The van der Waals surface area contributed by atoms with E-state index in [0.29, 0.717) is 17.0 Å². The molecule has 1 heterocycles. The van der Waals surface area contributed by atoms with Crippen molar-refractivity contribution in [3.8, 4) is 16.9 Å². The molecular formula is C28H35Cl3FN3O2. The maximum Gasteiger partial charge on any atom is 0.170 e. The molecule has 37 heavy (non-hydrogen) atoms. The van der Waals surface area contributed by atoms with Crippen LogP contribution in [0.25, 0.3) is 22.0 Å². The van der Waals surface area contributed by atoms with Crippen molar-refractivity contribution in [1.29, 1.82) is 0 Å². The Labute approximate surface area is 235 Å². The van der Waals surface area contributed by atoms with E-state index in [1.54, 1.807) is 13.1 Å². The highest BCUT2D eigenvalue weighted by Crippen LogP contribution is 2.36. The number of pyridine rings is 1. The normalized spacial score (nSPS) is 17.2. The number of aromatic hydroxyl groups is 1. The van der Waals surface area contributed by atoms with Gasteiger partial charge in [-0.1, -0.05) is 31.5 Å². The van der Waals surface area contributed by atoms with Gasteiger partial charge in [0.2, 0.25) is 0 Å². The van der Waals surface area contributed by atoms with Crippen molar-refractivity contribution >= 4 is 58.8 Å². The summed E-state index contributed by atoms with van der Waals surface area (Å²) in [7, 11) is 0. The number of phenols is 1. The van der Waals surface area contributed by atoms with Crippen molar-refractivity contribution in [3.63, 3.8) is 0 Å². The highest BCUT2D eigenvalue weighted by molar-refractivity contribution is 6.32. The monoisotopic (exact) mass is 569 g/mol. The standard InChI is InChI=1S/C28H33ClFN3O2.2ClH/c1-4-33(5-2)16-18-6-9-21(10-7-18)32-27-22-12-19(20-13-24(29)28(35)25(30)14-20)8-11-26(22)31-15-23(27)17(3)34;;/h8,11-15,18,21,35H,4-7,9-10,16H2,1-3H3,(H,31,32);2*1H/t18-,21-;;. The number of nitrogens with zero attached hydrogens (tertiary/aromatic N) is 2. The Morgan fingerprint density at radius 1 is 1.11 bits per heavy atom.